The summed E-state index contributed by atoms with van der Waals surface area (Å²) in [4.78, 5) is 29.9. The van der Waals surface area contributed by atoms with Crippen molar-refractivity contribution in [3.63, 3.8) is 0 Å². The second-order valence-electron chi connectivity index (χ2n) is 5.64. The summed E-state index contributed by atoms with van der Waals surface area (Å²) in [5.74, 6) is -0.0318. The largest absolute Gasteiger partial charge is 0.337 e. The monoisotopic (exact) mass is 330 g/mol. The van der Waals surface area contributed by atoms with Gasteiger partial charge in [-0.3, -0.25) is 19.3 Å². The first-order valence-electron chi connectivity index (χ1n) is 7.49. The summed E-state index contributed by atoms with van der Waals surface area (Å²) in [6.07, 6.45) is 4.99. The van der Waals surface area contributed by atoms with Crippen molar-refractivity contribution in [2.75, 3.05) is 13.1 Å². The number of piperidine rings is 1. The number of aromatic nitrogens is 2. The molecule has 3 aromatic rings. The Hall–Kier alpha value is -2.48. The number of benzene rings is 1. The minimum Gasteiger partial charge on any atom is -0.337 e. The molecule has 4 rings (SSSR count). The van der Waals surface area contributed by atoms with E-state index in [1.807, 2.05) is 9.30 Å². The molecular formula is C15H14N4O3S. The fourth-order valence-electron chi connectivity index (χ4n) is 2.97. The third kappa shape index (κ3) is 2.35. The molecule has 3 heterocycles. The van der Waals surface area contributed by atoms with E-state index in [1.165, 1.54) is 23.8 Å². The van der Waals surface area contributed by atoms with E-state index in [1.54, 1.807) is 18.3 Å². The number of likely N-dealkylation sites (tertiary alicyclic amines) is 1. The molecule has 0 atom stereocenters. The fourth-order valence-corrected chi connectivity index (χ4v) is 4.01. The zero-order chi connectivity index (χ0) is 16.0. The Labute approximate surface area is 135 Å². The summed E-state index contributed by atoms with van der Waals surface area (Å²) >= 11 is 1.35. The maximum atomic E-state index is 12.5. The Bertz CT molecular complexity index is 923. The van der Waals surface area contributed by atoms with Crippen molar-refractivity contribution < 1.29 is 9.72 Å². The van der Waals surface area contributed by atoms with Crippen LogP contribution >= 0.6 is 11.3 Å². The minimum atomic E-state index is -0.409. The van der Waals surface area contributed by atoms with Crippen molar-refractivity contribution in [2.45, 2.75) is 19.3 Å². The number of carbonyl (C=O) groups is 1. The third-order valence-electron chi connectivity index (χ3n) is 4.15. The van der Waals surface area contributed by atoms with Gasteiger partial charge in [0.05, 0.1) is 15.1 Å². The van der Waals surface area contributed by atoms with Crippen LogP contribution in [-0.2, 0) is 0 Å². The number of carbonyl (C=O) groups excluding carboxylic acids is 1. The molecular weight excluding hydrogens is 316 g/mol. The average molecular weight is 330 g/mol. The van der Waals surface area contributed by atoms with Crippen LogP contribution in [0.15, 0.2) is 24.4 Å². The first-order chi connectivity index (χ1) is 11.1. The maximum Gasteiger partial charge on any atom is 0.274 e. The molecule has 1 aliphatic rings. The highest BCUT2D eigenvalue weighted by Gasteiger charge is 2.22. The molecule has 2 aromatic heterocycles. The zero-order valence-corrected chi connectivity index (χ0v) is 13.1. The van der Waals surface area contributed by atoms with Gasteiger partial charge < -0.3 is 4.90 Å². The predicted octanol–water partition coefficient (Wildman–Crippen LogP) is 3.08. The van der Waals surface area contributed by atoms with E-state index in [0.717, 1.165) is 36.1 Å². The lowest BCUT2D eigenvalue weighted by molar-refractivity contribution is -0.384. The topological polar surface area (TPSA) is 80.8 Å². The molecule has 8 heteroatoms. The first kappa shape index (κ1) is 14.1. The summed E-state index contributed by atoms with van der Waals surface area (Å²) in [5, 5.41) is 10.9. The van der Waals surface area contributed by atoms with Gasteiger partial charge in [0.15, 0.2) is 4.96 Å². The van der Waals surface area contributed by atoms with Gasteiger partial charge >= 0.3 is 0 Å². The number of nitro benzene ring substituents is 1. The molecule has 0 radical (unpaired) electrons. The molecule has 0 saturated carbocycles. The summed E-state index contributed by atoms with van der Waals surface area (Å²) in [5.41, 5.74) is 1.34. The number of imidazole rings is 1. The van der Waals surface area contributed by atoms with Gasteiger partial charge in [-0.15, -0.1) is 0 Å². The molecule has 1 aromatic carbocycles. The Morgan fingerprint density at radius 1 is 1.26 bits per heavy atom. The average Bonchev–Trinajstić information content (AvgIpc) is 3.12. The molecule has 118 valence electrons. The quantitative estimate of drug-likeness (QED) is 0.534. The van der Waals surface area contributed by atoms with Crippen LogP contribution in [0.5, 0.6) is 0 Å². The van der Waals surface area contributed by atoms with Gasteiger partial charge in [-0.2, -0.15) is 0 Å². The van der Waals surface area contributed by atoms with Gasteiger partial charge in [0.25, 0.3) is 11.6 Å². The first-order valence-corrected chi connectivity index (χ1v) is 8.30. The highest BCUT2D eigenvalue weighted by Crippen LogP contribution is 2.29. The van der Waals surface area contributed by atoms with Crippen LogP contribution in [0, 0.1) is 10.1 Å². The second kappa shape index (κ2) is 5.31. The van der Waals surface area contributed by atoms with Crippen molar-refractivity contribution in [2.24, 2.45) is 0 Å². The number of rotatable bonds is 2. The molecule has 1 amide bonds. The van der Waals surface area contributed by atoms with Crippen molar-refractivity contribution in [1.82, 2.24) is 14.3 Å². The molecule has 0 spiro atoms. The molecule has 1 saturated heterocycles. The number of nitrogens with zero attached hydrogens (tertiary/aromatic N) is 4. The van der Waals surface area contributed by atoms with Gasteiger partial charge in [0.2, 0.25) is 0 Å². The second-order valence-corrected chi connectivity index (χ2v) is 6.65. The van der Waals surface area contributed by atoms with Crippen LogP contribution in [0.25, 0.3) is 15.2 Å². The number of amides is 1. The van der Waals surface area contributed by atoms with Crippen LogP contribution in [0.4, 0.5) is 5.69 Å². The lowest BCUT2D eigenvalue weighted by atomic mass is 10.1. The number of hydrogen-bond acceptors (Lipinski definition) is 5. The lowest BCUT2D eigenvalue weighted by Gasteiger charge is -2.25. The number of non-ortho nitro benzene ring substituents is 1. The summed E-state index contributed by atoms with van der Waals surface area (Å²) < 4.78 is 2.62. The van der Waals surface area contributed by atoms with E-state index >= 15 is 0 Å². The summed E-state index contributed by atoms with van der Waals surface area (Å²) in [6, 6.07) is 4.72. The van der Waals surface area contributed by atoms with E-state index in [-0.39, 0.29) is 11.6 Å². The van der Waals surface area contributed by atoms with Crippen LogP contribution in [-0.4, -0.2) is 38.2 Å². The smallest absolute Gasteiger partial charge is 0.274 e. The maximum absolute atomic E-state index is 12.5. The summed E-state index contributed by atoms with van der Waals surface area (Å²) in [6.45, 7) is 1.58. The highest BCUT2D eigenvalue weighted by molar-refractivity contribution is 7.23. The standard InChI is InChI=1S/C15H14N4O3S/c20-14(17-6-2-1-3-7-17)11-9-18-12-5-4-10(19(21)22)8-13(12)23-15(18)16-11/h4-5,8-9H,1-3,6-7H2. The minimum absolute atomic E-state index is 0.0318. The Kier molecular flexibility index (Phi) is 3.26. The SMILES string of the molecule is O=C(c1cn2c(n1)sc1cc([N+](=O)[O-])ccc12)N1CCCCC1. The van der Waals surface area contributed by atoms with E-state index in [2.05, 4.69) is 4.98 Å². The molecule has 0 bridgehead atoms. The van der Waals surface area contributed by atoms with Crippen LogP contribution in [0.3, 0.4) is 0 Å². The summed E-state index contributed by atoms with van der Waals surface area (Å²) in [7, 11) is 0. The number of hydrogen-bond donors (Lipinski definition) is 0. The van der Waals surface area contributed by atoms with E-state index in [9.17, 15) is 14.9 Å². The Morgan fingerprint density at radius 2 is 2.04 bits per heavy atom. The molecule has 7 nitrogen and oxygen atoms in total. The number of nitro groups is 1. The van der Waals surface area contributed by atoms with Crippen LogP contribution in [0.1, 0.15) is 29.8 Å². The molecule has 0 N–H and O–H groups in total. The third-order valence-corrected chi connectivity index (χ3v) is 5.17. The zero-order valence-electron chi connectivity index (χ0n) is 12.3. The highest BCUT2D eigenvalue weighted by atomic mass is 32.1. The molecule has 1 aliphatic heterocycles. The Morgan fingerprint density at radius 3 is 2.78 bits per heavy atom. The van der Waals surface area contributed by atoms with Gasteiger partial charge in [-0.25, -0.2) is 4.98 Å². The number of fused-ring (bicyclic) bond motifs is 3. The van der Waals surface area contributed by atoms with Crippen molar-refractivity contribution in [1.29, 1.82) is 0 Å². The van der Waals surface area contributed by atoms with Crippen molar-refractivity contribution in [3.8, 4) is 0 Å². The molecule has 0 unspecified atom stereocenters. The van der Waals surface area contributed by atoms with Crippen LogP contribution < -0.4 is 0 Å². The van der Waals surface area contributed by atoms with E-state index < -0.39 is 4.92 Å². The normalized spacial score (nSPS) is 15.4. The van der Waals surface area contributed by atoms with Gasteiger partial charge in [-0.05, 0) is 25.3 Å². The van der Waals surface area contributed by atoms with E-state index in [4.69, 9.17) is 0 Å². The van der Waals surface area contributed by atoms with Gasteiger partial charge in [-0.1, -0.05) is 11.3 Å². The Balaban J connectivity index is 1.73. The van der Waals surface area contributed by atoms with Crippen molar-refractivity contribution in [3.05, 3.63) is 40.2 Å². The molecule has 0 aliphatic carbocycles. The van der Waals surface area contributed by atoms with Gasteiger partial charge in [0, 0.05) is 31.4 Å². The van der Waals surface area contributed by atoms with Gasteiger partial charge in [0.1, 0.15) is 5.69 Å². The van der Waals surface area contributed by atoms with E-state index in [0.29, 0.717) is 10.7 Å². The predicted molar refractivity (Wildman–Crippen MR) is 87.0 cm³/mol. The fraction of sp³-hybridized carbons (Fsp3) is 0.333. The molecule has 1 fully saturated rings. The van der Waals surface area contributed by atoms with Crippen molar-refractivity contribution >= 4 is 38.1 Å². The van der Waals surface area contributed by atoms with Crippen LogP contribution in [0.2, 0.25) is 0 Å². The molecule has 23 heavy (non-hydrogen) atoms. The number of thiazole rings is 1. The lowest BCUT2D eigenvalue weighted by Crippen LogP contribution is -2.35.